The second kappa shape index (κ2) is 7.01. The molecule has 1 N–H and O–H groups in total. The van der Waals surface area contributed by atoms with E-state index < -0.39 is 17.0 Å². The van der Waals surface area contributed by atoms with Crippen molar-refractivity contribution in [3.63, 3.8) is 0 Å². The highest BCUT2D eigenvalue weighted by Crippen LogP contribution is 2.19. The zero-order valence-corrected chi connectivity index (χ0v) is 15.1. The van der Waals surface area contributed by atoms with Gasteiger partial charge in [-0.25, -0.2) is 4.79 Å². The van der Waals surface area contributed by atoms with Crippen molar-refractivity contribution >= 4 is 11.6 Å². The van der Waals surface area contributed by atoms with E-state index in [0.717, 1.165) is 15.7 Å². The zero-order valence-electron chi connectivity index (χ0n) is 15.1. The van der Waals surface area contributed by atoms with Gasteiger partial charge in [-0.2, -0.15) is 0 Å². The third-order valence-electron chi connectivity index (χ3n) is 3.89. The molecule has 25 heavy (non-hydrogen) atoms. The molecule has 6 nitrogen and oxygen atoms in total. The molecule has 0 spiro atoms. The van der Waals surface area contributed by atoms with Gasteiger partial charge in [0.25, 0.3) is 5.56 Å². The van der Waals surface area contributed by atoms with Gasteiger partial charge in [-0.3, -0.25) is 23.9 Å². The van der Waals surface area contributed by atoms with Crippen LogP contribution in [0.3, 0.4) is 0 Å². The molecule has 1 aromatic carbocycles. The Morgan fingerprint density at radius 1 is 1.08 bits per heavy atom. The van der Waals surface area contributed by atoms with Crippen molar-refractivity contribution in [3.8, 4) is 0 Å². The maximum absolute atomic E-state index is 13.2. The van der Waals surface area contributed by atoms with Crippen LogP contribution in [0.2, 0.25) is 0 Å². The number of nitrogens with zero attached hydrogens (tertiary/aromatic N) is 1. The lowest BCUT2D eigenvalue weighted by atomic mass is 9.95. The maximum atomic E-state index is 13.2. The number of Topliss-reactive ketones (excluding diaryl/α,β-unsaturated/α-hetero) is 1. The number of hydrogen-bond donors (Lipinski definition) is 1. The van der Waals surface area contributed by atoms with E-state index in [1.807, 2.05) is 19.9 Å². The summed E-state index contributed by atoms with van der Waals surface area (Å²) < 4.78 is 1.07. The van der Waals surface area contributed by atoms with Crippen LogP contribution in [0.5, 0.6) is 0 Å². The lowest BCUT2D eigenvalue weighted by Gasteiger charge is -2.17. The van der Waals surface area contributed by atoms with Crippen molar-refractivity contribution in [2.45, 2.75) is 47.1 Å². The molecule has 0 atom stereocenters. The molecule has 0 fully saturated rings. The molecule has 1 heterocycles. The predicted octanol–water partition coefficient (Wildman–Crippen LogP) is 2.10. The van der Waals surface area contributed by atoms with Gasteiger partial charge in [0.15, 0.2) is 0 Å². The Hall–Kier alpha value is -2.76. The minimum Gasteiger partial charge on any atom is -0.298 e. The first-order valence-electron chi connectivity index (χ1n) is 8.11. The topological polar surface area (TPSA) is 89.0 Å². The molecule has 0 bridgehead atoms. The van der Waals surface area contributed by atoms with E-state index in [2.05, 4.69) is 4.98 Å². The van der Waals surface area contributed by atoms with Crippen LogP contribution in [0.25, 0.3) is 0 Å². The van der Waals surface area contributed by atoms with E-state index in [4.69, 9.17) is 0 Å². The molecule has 0 aliphatic carbocycles. The van der Waals surface area contributed by atoms with Crippen molar-refractivity contribution < 1.29 is 9.59 Å². The number of aromatic amines is 1. The van der Waals surface area contributed by atoms with E-state index in [0.29, 0.717) is 5.56 Å². The van der Waals surface area contributed by atoms with Crippen LogP contribution < -0.4 is 11.2 Å². The molecule has 2 aromatic rings. The summed E-state index contributed by atoms with van der Waals surface area (Å²) >= 11 is 0. The molecule has 2 rings (SSSR count). The van der Waals surface area contributed by atoms with Gasteiger partial charge in [-0.05, 0) is 38.8 Å². The van der Waals surface area contributed by atoms with Crippen molar-refractivity contribution in [2.24, 2.45) is 0 Å². The average molecular weight is 342 g/mol. The van der Waals surface area contributed by atoms with Gasteiger partial charge >= 0.3 is 5.69 Å². The van der Waals surface area contributed by atoms with Gasteiger partial charge in [0.1, 0.15) is 11.5 Å². The fourth-order valence-electron chi connectivity index (χ4n) is 2.98. The molecular formula is C19H22N2O4. The largest absolute Gasteiger partial charge is 0.329 e. The van der Waals surface area contributed by atoms with E-state index in [9.17, 15) is 19.2 Å². The summed E-state index contributed by atoms with van der Waals surface area (Å²) in [5, 5.41) is 0. The Kier molecular flexibility index (Phi) is 5.21. The third-order valence-corrected chi connectivity index (χ3v) is 3.89. The van der Waals surface area contributed by atoms with Crippen LogP contribution in [0.15, 0.2) is 27.8 Å². The summed E-state index contributed by atoms with van der Waals surface area (Å²) in [5.41, 5.74) is 1.06. The van der Waals surface area contributed by atoms with Crippen LogP contribution >= 0.6 is 0 Å². The van der Waals surface area contributed by atoms with Gasteiger partial charge in [-0.15, -0.1) is 0 Å². The van der Waals surface area contributed by atoms with Crippen LogP contribution in [-0.2, 0) is 11.3 Å². The number of ketones is 2. The number of aromatic nitrogens is 2. The molecule has 1 aromatic heterocycles. The standard InChI is InChI=1S/C19H22N2O4/c1-10(2)15-16(17(23)14-7-11(3)6-12(4)8-14)21(9-13(5)22)19(25)20-18(15)24/h6-8,10H,9H2,1-5H3,(H,20,24,25). The molecular weight excluding hydrogens is 320 g/mol. The first-order valence-corrected chi connectivity index (χ1v) is 8.11. The first-order chi connectivity index (χ1) is 11.6. The molecule has 0 unspecified atom stereocenters. The van der Waals surface area contributed by atoms with Crippen molar-refractivity contribution in [3.05, 3.63) is 67.0 Å². The van der Waals surface area contributed by atoms with E-state index in [1.54, 1.807) is 26.0 Å². The van der Waals surface area contributed by atoms with E-state index in [-0.39, 0.29) is 29.5 Å². The van der Waals surface area contributed by atoms with Gasteiger partial charge in [0.05, 0.1) is 6.54 Å². The predicted molar refractivity (Wildman–Crippen MR) is 95.4 cm³/mol. The smallest absolute Gasteiger partial charge is 0.298 e. The van der Waals surface area contributed by atoms with Crippen LogP contribution in [0, 0.1) is 13.8 Å². The maximum Gasteiger partial charge on any atom is 0.329 e. The van der Waals surface area contributed by atoms with Crippen LogP contribution in [-0.4, -0.2) is 21.1 Å². The summed E-state index contributed by atoms with van der Waals surface area (Å²) in [5.74, 6) is -0.995. The van der Waals surface area contributed by atoms with E-state index in [1.165, 1.54) is 6.92 Å². The lowest BCUT2D eigenvalue weighted by Crippen LogP contribution is -2.39. The average Bonchev–Trinajstić information content (AvgIpc) is 2.47. The first kappa shape index (κ1) is 18.6. The Morgan fingerprint density at radius 3 is 2.12 bits per heavy atom. The molecule has 0 amide bonds. The molecule has 0 aliphatic rings. The molecule has 0 saturated heterocycles. The molecule has 0 saturated carbocycles. The van der Waals surface area contributed by atoms with Gasteiger partial charge in [0, 0.05) is 11.1 Å². The van der Waals surface area contributed by atoms with Crippen molar-refractivity contribution in [2.75, 3.05) is 0 Å². The van der Waals surface area contributed by atoms with Gasteiger partial charge < -0.3 is 0 Å². The van der Waals surface area contributed by atoms with Gasteiger partial charge in [0.2, 0.25) is 5.78 Å². The minimum atomic E-state index is -0.752. The quantitative estimate of drug-likeness (QED) is 0.843. The number of aryl methyl sites for hydroxylation is 2. The number of nitrogens with one attached hydrogen (secondary N) is 1. The summed E-state index contributed by atoms with van der Waals surface area (Å²) in [6.07, 6.45) is 0. The van der Waals surface area contributed by atoms with Crippen molar-refractivity contribution in [1.82, 2.24) is 9.55 Å². The number of hydrogen-bond acceptors (Lipinski definition) is 4. The number of H-pyrrole nitrogens is 1. The number of carbonyl (C=O) groups excluding carboxylic acids is 2. The summed E-state index contributed by atoms with van der Waals surface area (Å²) in [7, 11) is 0. The number of benzene rings is 1. The molecule has 0 radical (unpaired) electrons. The summed E-state index contributed by atoms with van der Waals surface area (Å²) in [6, 6.07) is 5.35. The highest BCUT2D eigenvalue weighted by molar-refractivity contribution is 6.09. The highest BCUT2D eigenvalue weighted by atomic mass is 16.2. The van der Waals surface area contributed by atoms with Gasteiger partial charge in [-0.1, -0.05) is 31.0 Å². The molecule has 6 heteroatoms. The van der Waals surface area contributed by atoms with E-state index >= 15 is 0 Å². The lowest BCUT2D eigenvalue weighted by molar-refractivity contribution is -0.117. The third kappa shape index (κ3) is 3.84. The SMILES string of the molecule is CC(=O)Cn1c(C(=O)c2cc(C)cc(C)c2)c(C(C)C)c(=O)[nH]c1=O. The summed E-state index contributed by atoms with van der Waals surface area (Å²) in [6.45, 7) is 8.34. The normalized spacial score (nSPS) is 11.0. The molecule has 132 valence electrons. The number of rotatable bonds is 5. The van der Waals surface area contributed by atoms with Crippen LogP contribution in [0.4, 0.5) is 0 Å². The molecule has 0 aliphatic heterocycles. The Balaban J connectivity index is 2.84. The number of carbonyl (C=O) groups is 2. The fourth-order valence-corrected chi connectivity index (χ4v) is 2.98. The zero-order chi connectivity index (χ0) is 18.9. The second-order valence-electron chi connectivity index (χ2n) is 6.67. The minimum absolute atomic E-state index is 0.0102. The fraction of sp³-hybridized carbons (Fsp3) is 0.368. The Morgan fingerprint density at radius 2 is 1.64 bits per heavy atom. The summed E-state index contributed by atoms with van der Waals surface area (Å²) in [4.78, 5) is 51.5. The second-order valence-corrected chi connectivity index (χ2v) is 6.67. The Labute approximate surface area is 145 Å². The monoisotopic (exact) mass is 342 g/mol. The Bertz CT molecular complexity index is 944. The highest BCUT2D eigenvalue weighted by Gasteiger charge is 2.25. The van der Waals surface area contributed by atoms with Crippen molar-refractivity contribution in [1.29, 1.82) is 0 Å². The van der Waals surface area contributed by atoms with Crippen LogP contribution in [0.1, 0.15) is 59.4 Å².